The molecule has 11 heavy (non-hydrogen) atoms. The molecule has 0 aliphatic heterocycles. The lowest BCUT2D eigenvalue weighted by atomic mass is 10.2. The molecule has 1 radical (unpaired) electrons. The minimum absolute atomic E-state index is 1.17. The second-order valence-electron chi connectivity index (χ2n) is 2.18. The molecule has 0 aliphatic rings. The summed E-state index contributed by atoms with van der Waals surface area (Å²) < 4.78 is 0. The monoisotopic (exact) mass is 160 g/mol. The van der Waals surface area contributed by atoms with E-state index in [2.05, 4.69) is 22.6 Å². The predicted octanol–water partition coefficient (Wildman–Crippen LogP) is 2.61. The minimum atomic E-state index is 1.17. The molecule has 0 atom stereocenters. The van der Waals surface area contributed by atoms with Gasteiger partial charge < -0.3 is 0 Å². The van der Waals surface area contributed by atoms with Crippen LogP contribution < -0.4 is 0 Å². The van der Waals surface area contributed by atoms with Crippen LogP contribution in [0.4, 0.5) is 0 Å². The van der Waals surface area contributed by atoms with Crippen molar-refractivity contribution in [1.29, 1.82) is 0 Å². The lowest BCUT2D eigenvalue weighted by molar-refractivity contribution is 1.41. The number of nitrogens with zero attached hydrogens (tertiary/aromatic N) is 1. The van der Waals surface area contributed by atoms with Gasteiger partial charge in [-0.1, -0.05) is 30.3 Å². The van der Waals surface area contributed by atoms with E-state index in [1.807, 2.05) is 24.4 Å². The molecule has 1 nitrogen and oxygen atoms in total. The van der Waals surface area contributed by atoms with Crippen molar-refractivity contribution in [3.8, 4) is 10.4 Å². The molecule has 0 amide bonds. The molecule has 0 bridgehead atoms. The van der Waals surface area contributed by atoms with Gasteiger partial charge in [-0.05, 0) is 5.56 Å². The van der Waals surface area contributed by atoms with Gasteiger partial charge in [-0.2, -0.15) is 0 Å². The van der Waals surface area contributed by atoms with E-state index < -0.39 is 0 Å². The molecule has 0 aliphatic carbocycles. The van der Waals surface area contributed by atoms with Gasteiger partial charge >= 0.3 is 0 Å². The van der Waals surface area contributed by atoms with Gasteiger partial charge in [-0.25, -0.2) is 4.98 Å². The molecule has 0 fully saturated rings. The van der Waals surface area contributed by atoms with E-state index in [4.69, 9.17) is 0 Å². The van der Waals surface area contributed by atoms with Crippen LogP contribution in [0.25, 0.3) is 10.4 Å². The summed E-state index contributed by atoms with van der Waals surface area (Å²) in [6.07, 6.45) is 1.83. The van der Waals surface area contributed by atoms with Gasteiger partial charge in [0.25, 0.3) is 0 Å². The molecule has 2 heteroatoms. The van der Waals surface area contributed by atoms with Crippen LogP contribution in [0.5, 0.6) is 0 Å². The average molecular weight is 160 g/mol. The van der Waals surface area contributed by atoms with Gasteiger partial charge in [-0.15, -0.1) is 11.3 Å². The third kappa shape index (κ3) is 1.30. The molecule has 0 saturated heterocycles. The summed E-state index contributed by atoms with van der Waals surface area (Å²) in [6.45, 7) is 0. The number of aromatic nitrogens is 1. The Morgan fingerprint density at radius 3 is 2.64 bits per heavy atom. The molecule has 1 heterocycles. The Hall–Kier alpha value is -1.15. The predicted molar refractivity (Wildman–Crippen MR) is 46.4 cm³/mol. The van der Waals surface area contributed by atoms with E-state index in [9.17, 15) is 0 Å². The quantitative estimate of drug-likeness (QED) is 0.625. The van der Waals surface area contributed by atoms with Crippen LogP contribution >= 0.6 is 11.3 Å². The van der Waals surface area contributed by atoms with Crippen molar-refractivity contribution in [2.75, 3.05) is 0 Å². The first-order chi connectivity index (χ1) is 5.47. The summed E-state index contributed by atoms with van der Waals surface area (Å²) >= 11 is 1.54. The van der Waals surface area contributed by atoms with Crippen molar-refractivity contribution in [3.63, 3.8) is 0 Å². The first-order valence-electron chi connectivity index (χ1n) is 3.34. The average Bonchev–Trinajstić information content (AvgIpc) is 2.58. The van der Waals surface area contributed by atoms with Gasteiger partial charge in [-0.3, -0.25) is 0 Å². The van der Waals surface area contributed by atoms with Gasteiger partial charge in [0.2, 0.25) is 0 Å². The fraction of sp³-hybridized carbons (Fsp3) is 0. The normalized spacial score (nSPS) is 9.82. The maximum absolute atomic E-state index is 3.89. The molecular formula is C9H6NS. The first-order valence-corrected chi connectivity index (χ1v) is 4.16. The number of hydrogen-bond donors (Lipinski definition) is 0. The molecule has 2 aromatic rings. The summed E-state index contributed by atoms with van der Waals surface area (Å²) in [4.78, 5) is 5.06. The lowest BCUT2D eigenvalue weighted by Crippen LogP contribution is -1.67. The second kappa shape index (κ2) is 2.84. The smallest absolute Gasteiger partial charge is 0.152 e. The minimum Gasteiger partial charge on any atom is -0.241 e. The van der Waals surface area contributed by atoms with Crippen LogP contribution in [0.3, 0.4) is 0 Å². The van der Waals surface area contributed by atoms with Crippen molar-refractivity contribution in [3.05, 3.63) is 42.0 Å². The van der Waals surface area contributed by atoms with E-state index in [-0.39, 0.29) is 0 Å². The van der Waals surface area contributed by atoms with Crippen LogP contribution in [0, 0.1) is 5.51 Å². The van der Waals surface area contributed by atoms with E-state index in [0.717, 1.165) is 0 Å². The van der Waals surface area contributed by atoms with Crippen LogP contribution in [0.1, 0.15) is 0 Å². The lowest BCUT2D eigenvalue weighted by Gasteiger charge is -1.92. The van der Waals surface area contributed by atoms with E-state index in [0.29, 0.717) is 0 Å². The largest absolute Gasteiger partial charge is 0.241 e. The standard InChI is InChI=1S/C9H6NS/c1-2-4-8(5-3-1)9-6-10-7-11-9/h1-6H. The van der Waals surface area contributed by atoms with Crippen LogP contribution in [0.2, 0.25) is 0 Å². The Balaban J connectivity index is 2.46. The highest BCUT2D eigenvalue weighted by molar-refractivity contribution is 7.12. The van der Waals surface area contributed by atoms with Gasteiger partial charge in [0.15, 0.2) is 5.51 Å². The van der Waals surface area contributed by atoms with Crippen molar-refractivity contribution in [2.24, 2.45) is 0 Å². The van der Waals surface area contributed by atoms with Gasteiger partial charge in [0.05, 0.1) is 4.88 Å². The molecule has 1 aromatic carbocycles. The van der Waals surface area contributed by atoms with E-state index >= 15 is 0 Å². The molecule has 0 N–H and O–H groups in total. The summed E-state index contributed by atoms with van der Waals surface area (Å²) in [6, 6.07) is 10.2. The second-order valence-corrected chi connectivity index (χ2v) is 3.01. The molecule has 1 aromatic heterocycles. The fourth-order valence-electron chi connectivity index (χ4n) is 0.923. The Morgan fingerprint density at radius 2 is 2.00 bits per heavy atom. The highest BCUT2D eigenvalue weighted by atomic mass is 32.1. The van der Waals surface area contributed by atoms with E-state index in [1.54, 1.807) is 0 Å². The van der Waals surface area contributed by atoms with Crippen LogP contribution in [-0.2, 0) is 0 Å². The van der Waals surface area contributed by atoms with Crippen molar-refractivity contribution >= 4 is 11.3 Å². The van der Waals surface area contributed by atoms with Crippen molar-refractivity contribution in [1.82, 2.24) is 4.98 Å². The summed E-state index contributed by atoms with van der Waals surface area (Å²) in [7, 11) is 0. The van der Waals surface area contributed by atoms with E-state index in [1.165, 1.54) is 21.8 Å². The molecule has 53 valence electrons. The van der Waals surface area contributed by atoms with Crippen molar-refractivity contribution < 1.29 is 0 Å². The molecule has 2 rings (SSSR count). The zero-order valence-corrected chi connectivity index (χ0v) is 6.64. The topological polar surface area (TPSA) is 12.9 Å². The summed E-state index contributed by atoms with van der Waals surface area (Å²) in [5, 5.41) is 0. The highest BCUT2D eigenvalue weighted by Gasteiger charge is 1.95. The fourth-order valence-corrected chi connectivity index (χ4v) is 1.49. The van der Waals surface area contributed by atoms with Gasteiger partial charge in [0, 0.05) is 6.20 Å². The van der Waals surface area contributed by atoms with Crippen LogP contribution in [0.15, 0.2) is 36.5 Å². The number of benzene rings is 1. The Bertz CT molecular complexity index is 313. The Labute approximate surface area is 69.3 Å². The third-order valence-corrected chi connectivity index (χ3v) is 2.21. The van der Waals surface area contributed by atoms with Gasteiger partial charge in [0.1, 0.15) is 0 Å². The maximum Gasteiger partial charge on any atom is 0.152 e. The number of rotatable bonds is 1. The Morgan fingerprint density at radius 1 is 1.18 bits per heavy atom. The molecule has 0 spiro atoms. The summed E-state index contributed by atoms with van der Waals surface area (Å²) in [5.74, 6) is 0. The highest BCUT2D eigenvalue weighted by Crippen LogP contribution is 2.21. The zero-order chi connectivity index (χ0) is 7.52. The maximum atomic E-state index is 3.89. The van der Waals surface area contributed by atoms with Crippen molar-refractivity contribution in [2.45, 2.75) is 0 Å². The number of thiazole rings is 1. The molecule has 0 unspecified atom stereocenters. The zero-order valence-electron chi connectivity index (χ0n) is 5.82. The molecule has 0 saturated carbocycles. The molecular weight excluding hydrogens is 154 g/mol. The SMILES string of the molecule is [c]1ncc(-c2ccccc2)s1. The first kappa shape index (κ1) is 6.55. The van der Waals surface area contributed by atoms with Crippen LogP contribution in [-0.4, -0.2) is 4.98 Å². The number of hydrogen-bond acceptors (Lipinski definition) is 2. The Kier molecular flexibility index (Phi) is 1.69. The summed E-state index contributed by atoms with van der Waals surface area (Å²) in [5.41, 5.74) is 4.03. The third-order valence-electron chi connectivity index (χ3n) is 1.45.